The minimum atomic E-state index is -5.07. The van der Waals surface area contributed by atoms with Gasteiger partial charge >= 0.3 is 24.6 Å². The van der Waals surface area contributed by atoms with E-state index in [9.17, 15) is 44.3 Å². The second kappa shape index (κ2) is 13.3. The van der Waals surface area contributed by atoms with Crippen molar-refractivity contribution in [1.82, 2.24) is 9.88 Å². The number of hydrogen-bond donors (Lipinski definition) is 0. The Morgan fingerprint density at radius 3 is 2.18 bits per heavy atom. The Morgan fingerprint density at radius 1 is 1.00 bits per heavy atom. The van der Waals surface area contributed by atoms with Crippen LogP contribution in [0.15, 0.2) is 47.4 Å². The van der Waals surface area contributed by atoms with Gasteiger partial charge in [-0.05, 0) is 84.2 Å². The van der Waals surface area contributed by atoms with Crippen molar-refractivity contribution in [3.05, 3.63) is 75.3 Å². The number of benzene rings is 2. The maximum atomic E-state index is 13.7. The van der Waals surface area contributed by atoms with E-state index in [-0.39, 0.29) is 29.6 Å². The van der Waals surface area contributed by atoms with Crippen molar-refractivity contribution in [2.75, 3.05) is 25.6 Å². The Bertz CT molecular complexity index is 1750. The van der Waals surface area contributed by atoms with Gasteiger partial charge in [-0.3, -0.25) is 4.90 Å². The smallest absolute Gasteiger partial charge is 0.434 e. The molecule has 2 heterocycles. The molecule has 1 saturated heterocycles. The number of thiazole rings is 1. The maximum absolute atomic E-state index is 13.7. The third kappa shape index (κ3) is 7.69. The highest BCUT2D eigenvalue weighted by atomic mass is 32.1. The summed E-state index contributed by atoms with van der Waals surface area (Å²) in [6, 6.07) is 5.40. The highest BCUT2D eigenvalue weighted by Gasteiger charge is 2.45. The number of allylic oxidation sites excluding steroid dienone is 1. The van der Waals surface area contributed by atoms with Gasteiger partial charge in [0.25, 0.3) is 0 Å². The van der Waals surface area contributed by atoms with Crippen LogP contribution in [0.1, 0.15) is 80.5 Å². The van der Waals surface area contributed by atoms with Crippen molar-refractivity contribution >= 4 is 33.8 Å². The van der Waals surface area contributed by atoms with Crippen LogP contribution >= 0.6 is 11.3 Å². The van der Waals surface area contributed by atoms with Crippen LogP contribution in [-0.2, 0) is 23.3 Å². The van der Waals surface area contributed by atoms with Gasteiger partial charge < -0.3 is 14.4 Å². The van der Waals surface area contributed by atoms with Crippen LogP contribution in [0.4, 0.5) is 55.1 Å². The number of ether oxygens (including phenoxy) is 2. The van der Waals surface area contributed by atoms with E-state index in [1.807, 2.05) is 13.8 Å². The second-order valence-electron chi connectivity index (χ2n) is 13.1. The monoisotopic (exact) mass is 735 g/mol. The number of methoxy groups -OCH3 is 1. The number of halogens is 9. The molecule has 0 radical (unpaired) electrons. The largest absolute Gasteiger partial charge is 0.496 e. The summed E-state index contributed by atoms with van der Waals surface area (Å²) in [6.07, 6.45) is -15.1. The molecule has 1 aliphatic carbocycles. The third-order valence-corrected chi connectivity index (χ3v) is 9.98. The van der Waals surface area contributed by atoms with Gasteiger partial charge in [0.1, 0.15) is 11.9 Å². The predicted octanol–water partition coefficient (Wildman–Crippen LogP) is 10.9. The first-order valence-electron chi connectivity index (χ1n) is 15.6. The minimum absolute atomic E-state index is 0.0255. The quantitative estimate of drug-likeness (QED) is 0.216. The third-order valence-electron chi connectivity index (χ3n) is 9.07. The van der Waals surface area contributed by atoms with Crippen LogP contribution < -0.4 is 9.64 Å². The lowest BCUT2D eigenvalue weighted by molar-refractivity contribution is -0.143. The van der Waals surface area contributed by atoms with Crippen molar-refractivity contribution in [2.45, 2.75) is 77.1 Å². The minimum Gasteiger partial charge on any atom is -0.496 e. The van der Waals surface area contributed by atoms with E-state index in [0.717, 1.165) is 34.3 Å². The SMILES string of the molecule is CC[C@H]1[C@@H](c2cc(C(F)(F)F)cc(C(F)(F)F)c2)OC(=O)N1CC1=C(c2cc(N(C)c3nc(C(F)(F)F)cs3)ccc2OC)CCC(C)(C)C1. The van der Waals surface area contributed by atoms with Crippen molar-refractivity contribution in [2.24, 2.45) is 5.41 Å². The van der Waals surface area contributed by atoms with Gasteiger partial charge in [0, 0.05) is 30.2 Å². The molecule has 1 aliphatic heterocycles. The molecule has 272 valence electrons. The van der Waals surface area contributed by atoms with Crippen molar-refractivity contribution in [3.63, 3.8) is 0 Å². The lowest BCUT2D eigenvalue weighted by atomic mass is 9.72. The van der Waals surface area contributed by atoms with Crippen LogP contribution in [-0.4, -0.2) is 42.7 Å². The second-order valence-corrected chi connectivity index (χ2v) is 14.0. The number of nitrogens with zero attached hydrogens (tertiary/aromatic N) is 3. The molecule has 2 aromatic carbocycles. The number of carbonyl (C=O) groups is 1. The molecule has 0 spiro atoms. The van der Waals surface area contributed by atoms with Gasteiger partial charge in [0.15, 0.2) is 10.8 Å². The summed E-state index contributed by atoms with van der Waals surface area (Å²) in [5.41, 5.74) is -1.95. The lowest BCUT2D eigenvalue weighted by Crippen LogP contribution is -2.37. The fourth-order valence-electron chi connectivity index (χ4n) is 6.50. The first-order valence-corrected chi connectivity index (χ1v) is 16.4. The fourth-order valence-corrected chi connectivity index (χ4v) is 7.32. The fraction of sp³-hybridized carbons (Fsp3) is 0.471. The molecule has 0 unspecified atom stereocenters. The lowest BCUT2D eigenvalue weighted by Gasteiger charge is -2.36. The van der Waals surface area contributed by atoms with E-state index in [0.29, 0.717) is 42.0 Å². The summed E-state index contributed by atoms with van der Waals surface area (Å²) in [4.78, 5) is 20.0. The normalized spacial score (nSPS) is 20.0. The Balaban J connectivity index is 1.54. The number of cyclic esters (lactones) is 1. The Hall–Kier alpha value is -3.95. The molecule has 2 aliphatic rings. The molecule has 16 heteroatoms. The number of hydrogen-bond acceptors (Lipinski definition) is 6. The Morgan fingerprint density at radius 2 is 1.64 bits per heavy atom. The number of aromatic nitrogens is 1. The Labute approximate surface area is 286 Å². The van der Waals surface area contributed by atoms with Gasteiger partial charge in [0.05, 0.1) is 24.3 Å². The maximum Gasteiger partial charge on any atom is 0.434 e. The van der Waals surface area contributed by atoms with Crippen LogP contribution in [0.3, 0.4) is 0 Å². The topological polar surface area (TPSA) is 54.9 Å². The van der Waals surface area contributed by atoms with E-state index in [1.165, 1.54) is 16.9 Å². The van der Waals surface area contributed by atoms with Gasteiger partial charge in [-0.2, -0.15) is 39.5 Å². The summed E-state index contributed by atoms with van der Waals surface area (Å²) in [7, 11) is 3.04. The molecule has 5 rings (SSSR count). The zero-order chi connectivity index (χ0) is 37.0. The molecule has 1 aromatic heterocycles. The van der Waals surface area contributed by atoms with E-state index in [1.54, 1.807) is 32.2 Å². The standard InChI is InChI=1S/C34H34F9N3O3S/c1-6-25-28(18-11-20(32(35,36)37)13-21(12-18)33(38,39)40)49-30(47)46(25)16-19-15-31(2,3)10-9-23(19)24-14-22(7-8-26(24)48-5)45(4)29-44-27(17-50-29)34(41,42)43/h7-8,11-14,17,25,28H,6,9-10,15-16H2,1-5H3/t25-,28+/m0/s1. The summed E-state index contributed by atoms with van der Waals surface area (Å²) in [5.74, 6) is 0.460. The van der Waals surface area contributed by atoms with Crippen LogP contribution in [0.2, 0.25) is 0 Å². The highest BCUT2D eigenvalue weighted by Crippen LogP contribution is 2.48. The summed E-state index contributed by atoms with van der Waals surface area (Å²) in [6.45, 7) is 5.71. The number of amides is 1. The molecule has 3 aromatic rings. The molecule has 6 nitrogen and oxygen atoms in total. The van der Waals surface area contributed by atoms with E-state index in [4.69, 9.17) is 9.47 Å². The number of carbonyl (C=O) groups excluding carboxylic acids is 1. The summed E-state index contributed by atoms with van der Waals surface area (Å²) >= 11 is 0.827. The van der Waals surface area contributed by atoms with Crippen LogP contribution in [0.5, 0.6) is 5.75 Å². The first kappa shape index (κ1) is 37.3. The van der Waals surface area contributed by atoms with Gasteiger partial charge in [-0.25, -0.2) is 9.78 Å². The Kier molecular flexibility index (Phi) is 9.93. The average Bonchev–Trinajstić information content (AvgIpc) is 3.64. The highest BCUT2D eigenvalue weighted by molar-refractivity contribution is 7.13. The average molecular weight is 736 g/mol. The van der Waals surface area contributed by atoms with Crippen molar-refractivity contribution in [3.8, 4) is 5.75 Å². The molecule has 0 bridgehead atoms. The zero-order valence-electron chi connectivity index (χ0n) is 27.6. The van der Waals surface area contributed by atoms with Gasteiger partial charge in [-0.1, -0.05) is 20.8 Å². The summed E-state index contributed by atoms with van der Waals surface area (Å²) in [5, 5.41) is 1.03. The molecular weight excluding hydrogens is 701 g/mol. The summed E-state index contributed by atoms with van der Waals surface area (Å²) < 4.78 is 133. The predicted molar refractivity (Wildman–Crippen MR) is 169 cm³/mol. The molecule has 2 atom stereocenters. The van der Waals surface area contributed by atoms with Crippen molar-refractivity contribution < 1.29 is 53.8 Å². The zero-order valence-corrected chi connectivity index (χ0v) is 28.4. The van der Waals surface area contributed by atoms with Gasteiger partial charge in [-0.15, -0.1) is 11.3 Å². The van der Waals surface area contributed by atoms with Crippen molar-refractivity contribution in [1.29, 1.82) is 0 Å². The number of rotatable bonds is 8. The van der Waals surface area contributed by atoms with Crippen LogP contribution in [0.25, 0.3) is 5.57 Å². The first-order chi connectivity index (χ1) is 23.1. The molecule has 1 fully saturated rings. The van der Waals surface area contributed by atoms with E-state index in [2.05, 4.69) is 4.98 Å². The molecular formula is C34H34F9N3O3S. The number of alkyl halides is 9. The molecule has 0 N–H and O–H groups in total. The van der Waals surface area contributed by atoms with Crippen LogP contribution in [0, 0.1) is 5.41 Å². The van der Waals surface area contributed by atoms with Gasteiger partial charge in [0.2, 0.25) is 0 Å². The molecule has 1 amide bonds. The molecule has 50 heavy (non-hydrogen) atoms. The number of anilines is 2. The van der Waals surface area contributed by atoms with E-state index >= 15 is 0 Å². The van der Waals surface area contributed by atoms with E-state index < -0.39 is 59.2 Å². The molecule has 0 saturated carbocycles.